The third kappa shape index (κ3) is 1.99. The van der Waals surface area contributed by atoms with Gasteiger partial charge in [0.05, 0.1) is 5.69 Å². The maximum atomic E-state index is 5.83. The molecule has 0 bridgehead atoms. The number of ether oxygens (including phenoxy) is 1. The summed E-state index contributed by atoms with van der Waals surface area (Å²) in [5.41, 5.74) is 0.0105. The molecule has 5 nitrogen and oxygen atoms in total. The molecule has 0 radical (unpaired) electrons. The predicted octanol–water partition coefficient (Wildman–Crippen LogP) is 3.06. The first-order valence-corrected chi connectivity index (χ1v) is 6.80. The molecule has 3 heterocycles. The van der Waals surface area contributed by atoms with Crippen LogP contribution < -0.4 is 0 Å². The Morgan fingerprint density at radius 1 is 1.33 bits per heavy atom. The van der Waals surface area contributed by atoms with E-state index in [1.165, 1.54) is 6.34 Å². The topological polar surface area (TPSA) is 59.2 Å². The molecule has 1 aromatic rings. The Hall–Kier alpha value is -1.14. The molecular formula is C12H13BrN4O. The molecule has 1 aromatic heterocycles. The van der Waals surface area contributed by atoms with Crippen LogP contribution in [-0.4, -0.2) is 24.0 Å². The van der Waals surface area contributed by atoms with Crippen molar-refractivity contribution < 1.29 is 4.74 Å². The molecule has 1 saturated heterocycles. The van der Waals surface area contributed by atoms with Crippen LogP contribution in [0.3, 0.4) is 0 Å². The highest BCUT2D eigenvalue weighted by Crippen LogP contribution is 2.38. The van der Waals surface area contributed by atoms with Crippen LogP contribution in [0, 0.1) is 0 Å². The van der Waals surface area contributed by atoms with Crippen molar-refractivity contribution in [1.82, 2.24) is 4.98 Å². The van der Waals surface area contributed by atoms with Gasteiger partial charge < -0.3 is 4.74 Å². The zero-order valence-corrected chi connectivity index (χ0v) is 11.4. The number of nitrogens with zero attached hydrogens (tertiary/aromatic N) is 4. The minimum atomic E-state index is -0.777. The largest absolute Gasteiger partial charge is 0.373 e. The monoisotopic (exact) mass is 308 g/mol. The fourth-order valence-corrected chi connectivity index (χ4v) is 2.57. The molecule has 3 rings (SSSR count). The van der Waals surface area contributed by atoms with E-state index in [1.807, 2.05) is 12.1 Å². The molecule has 1 fully saturated rings. The standard InChI is InChI=1S/C12H13BrN4O/c13-9-4-5-10(14-7-9)12(15-8-16-17-12)11-3-1-2-6-18-11/h4-5,7-8,11H,1-3,6H2. The minimum absolute atomic E-state index is 0.0672. The Labute approximate surface area is 114 Å². The Morgan fingerprint density at radius 3 is 2.89 bits per heavy atom. The van der Waals surface area contributed by atoms with E-state index in [0.717, 1.165) is 36.0 Å². The van der Waals surface area contributed by atoms with Crippen LogP contribution in [0.5, 0.6) is 0 Å². The van der Waals surface area contributed by atoms with Gasteiger partial charge in [0.2, 0.25) is 5.66 Å². The number of azo groups is 1. The molecule has 0 N–H and O–H groups in total. The third-order valence-electron chi connectivity index (χ3n) is 3.25. The quantitative estimate of drug-likeness (QED) is 0.843. The van der Waals surface area contributed by atoms with Crippen molar-refractivity contribution >= 4 is 22.3 Å². The number of halogens is 1. The van der Waals surface area contributed by atoms with Gasteiger partial charge in [0.25, 0.3) is 0 Å². The van der Waals surface area contributed by atoms with Crippen molar-refractivity contribution in [2.45, 2.75) is 31.0 Å². The minimum Gasteiger partial charge on any atom is -0.373 e. The second-order valence-corrected chi connectivity index (χ2v) is 5.32. The Balaban J connectivity index is 1.98. The first-order valence-electron chi connectivity index (χ1n) is 6.01. The highest BCUT2D eigenvalue weighted by molar-refractivity contribution is 9.10. The van der Waals surface area contributed by atoms with Gasteiger partial charge >= 0.3 is 0 Å². The number of hydrogen-bond donors (Lipinski definition) is 0. The second kappa shape index (κ2) is 4.85. The van der Waals surface area contributed by atoms with Gasteiger partial charge in [0.15, 0.2) is 0 Å². The van der Waals surface area contributed by atoms with Crippen molar-refractivity contribution in [3.05, 3.63) is 28.5 Å². The summed E-state index contributed by atoms with van der Waals surface area (Å²) in [5.74, 6) is 0. The lowest BCUT2D eigenvalue weighted by Gasteiger charge is -2.33. The molecule has 18 heavy (non-hydrogen) atoms. The Kier molecular flexibility index (Phi) is 3.22. The SMILES string of the molecule is Brc1ccc(C2(C3CCCCO3)N=CN=N2)nc1. The Morgan fingerprint density at radius 2 is 2.28 bits per heavy atom. The van der Waals surface area contributed by atoms with E-state index in [0.29, 0.717) is 0 Å². The molecule has 0 amide bonds. The summed E-state index contributed by atoms with van der Waals surface area (Å²) in [6, 6.07) is 3.86. The summed E-state index contributed by atoms with van der Waals surface area (Å²) in [4.78, 5) is 8.84. The zero-order valence-electron chi connectivity index (χ0n) is 9.79. The molecular weight excluding hydrogens is 296 g/mol. The molecule has 2 unspecified atom stereocenters. The van der Waals surface area contributed by atoms with Gasteiger partial charge in [-0.05, 0) is 47.3 Å². The van der Waals surface area contributed by atoms with Gasteiger partial charge in [-0.2, -0.15) is 0 Å². The van der Waals surface area contributed by atoms with Crippen LogP contribution in [0.2, 0.25) is 0 Å². The molecule has 2 atom stereocenters. The number of aromatic nitrogens is 1. The van der Waals surface area contributed by atoms with E-state index in [9.17, 15) is 0 Å². The van der Waals surface area contributed by atoms with Crippen molar-refractivity contribution in [2.24, 2.45) is 15.2 Å². The van der Waals surface area contributed by atoms with E-state index in [-0.39, 0.29) is 6.10 Å². The van der Waals surface area contributed by atoms with Gasteiger partial charge in [-0.25, -0.2) is 4.99 Å². The maximum absolute atomic E-state index is 5.83. The van der Waals surface area contributed by atoms with Gasteiger partial charge in [0.1, 0.15) is 12.4 Å². The van der Waals surface area contributed by atoms with Gasteiger partial charge in [-0.3, -0.25) is 4.98 Å². The lowest BCUT2D eigenvalue weighted by atomic mass is 9.93. The van der Waals surface area contributed by atoms with Crippen LogP contribution in [0.15, 0.2) is 38.0 Å². The first kappa shape index (κ1) is 11.9. The molecule has 0 aliphatic carbocycles. The highest BCUT2D eigenvalue weighted by Gasteiger charge is 2.45. The maximum Gasteiger partial charge on any atom is 0.240 e. The lowest BCUT2D eigenvalue weighted by Crippen LogP contribution is -2.39. The van der Waals surface area contributed by atoms with Crippen molar-refractivity contribution in [3.63, 3.8) is 0 Å². The predicted molar refractivity (Wildman–Crippen MR) is 70.6 cm³/mol. The number of hydrogen-bond acceptors (Lipinski definition) is 5. The number of pyridine rings is 1. The molecule has 2 aliphatic heterocycles. The average molecular weight is 309 g/mol. The van der Waals surface area contributed by atoms with Gasteiger partial charge in [0, 0.05) is 17.3 Å². The summed E-state index contributed by atoms with van der Waals surface area (Å²) in [6.45, 7) is 0.758. The normalized spacial score (nSPS) is 30.8. The van der Waals surface area contributed by atoms with Crippen molar-refractivity contribution in [1.29, 1.82) is 0 Å². The van der Waals surface area contributed by atoms with E-state index >= 15 is 0 Å². The number of rotatable bonds is 2. The van der Waals surface area contributed by atoms with Gasteiger partial charge in [-0.15, -0.1) is 10.2 Å². The summed E-state index contributed by atoms with van der Waals surface area (Å²) in [5, 5.41) is 8.20. The lowest BCUT2D eigenvalue weighted by molar-refractivity contribution is -0.0328. The molecule has 0 spiro atoms. The fourth-order valence-electron chi connectivity index (χ4n) is 2.33. The average Bonchev–Trinajstić information content (AvgIpc) is 2.91. The first-order chi connectivity index (χ1) is 8.81. The van der Waals surface area contributed by atoms with Crippen LogP contribution >= 0.6 is 15.9 Å². The summed E-state index contributed by atoms with van der Waals surface area (Å²) >= 11 is 3.38. The van der Waals surface area contributed by atoms with E-state index < -0.39 is 5.66 Å². The molecule has 2 aliphatic rings. The zero-order chi connectivity index (χ0) is 12.4. The number of aliphatic imine (C=N–C) groups is 1. The van der Waals surface area contributed by atoms with Gasteiger partial charge in [-0.1, -0.05) is 0 Å². The van der Waals surface area contributed by atoms with Crippen LogP contribution in [0.25, 0.3) is 0 Å². The van der Waals surface area contributed by atoms with Crippen LogP contribution in [0.4, 0.5) is 0 Å². The Bertz CT molecular complexity index is 467. The summed E-state index contributed by atoms with van der Waals surface area (Å²) in [6.07, 6.45) is 6.34. The molecule has 0 saturated carbocycles. The molecule has 0 aromatic carbocycles. The van der Waals surface area contributed by atoms with Crippen LogP contribution in [0.1, 0.15) is 25.0 Å². The van der Waals surface area contributed by atoms with Crippen molar-refractivity contribution in [3.8, 4) is 0 Å². The highest BCUT2D eigenvalue weighted by atomic mass is 79.9. The smallest absolute Gasteiger partial charge is 0.240 e. The van der Waals surface area contributed by atoms with Crippen molar-refractivity contribution in [2.75, 3.05) is 6.61 Å². The van der Waals surface area contributed by atoms with Crippen LogP contribution in [-0.2, 0) is 10.4 Å². The summed E-state index contributed by atoms with van der Waals surface area (Å²) in [7, 11) is 0. The van der Waals surface area contributed by atoms with E-state index in [1.54, 1.807) is 6.20 Å². The van der Waals surface area contributed by atoms with E-state index in [2.05, 4.69) is 36.1 Å². The molecule has 94 valence electrons. The second-order valence-electron chi connectivity index (χ2n) is 4.40. The van der Waals surface area contributed by atoms with E-state index in [4.69, 9.17) is 4.74 Å². The summed E-state index contributed by atoms with van der Waals surface area (Å²) < 4.78 is 6.77. The third-order valence-corrected chi connectivity index (χ3v) is 3.72. The fraction of sp³-hybridized carbons (Fsp3) is 0.500. The molecule has 6 heteroatoms.